The molecule has 2 aromatic carbocycles. The second kappa shape index (κ2) is 8.18. The van der Waals surface area contributed by atoms with Crippen molar-refractivity contribution in [3.05, 3.63) is 54.1 Å². The molecule has 0 spiro atoms. The van der Waals surface area contributed by atoms with Crippen molar-refractivity contribution in [2.24, 2.45) is 0 Å². The van der Waals surface area contributed by atoms with Crippen molar-refractivity contribution in [3.63, 3.8) is 0 Å². The van der Waals surface area contributed by atoms with Crippen LogP contribution in [0.4, 0.5) is 0 Å². The quantitative estimate of drug-likeness (QED) is 0.752. The van der Waals surface area contributed by atoms with Crippen LogP contribution < -0.4 is 4.72 Å². The molecule has 0 bridgehead atoms. The number of likely N-dealkylation sites (tertiary alicyclic amines) is 1. The first-order valence-corrected chi connectivity index (χ1v) is 13.0. The van der Waals surface area contributed by atoms with Crippen molar-refractivity contribution in [1.29, 1.82) is 0 Å². The van der Waals surface area contributed by atoms with E-state index < -0.39 is 25.1 Å². The lowest BCUT2D eigenvalue weighted by Crippen LogP contribution is -2.42. The van der Waals surface area contributed by atoms with E-state index in [0.29, 0.717) is 11.4 Å². The summed E-state index contributed by atoms with van der Waals surface area (Å²) in [7, 11) is -4.62. The van der Waals surface area contributed by atoms with Gasteiger partial charge in [-0.1, -0.05) is 36.4 Å². The highest BCUT2D eigenvalue weighted by molar-refractivity contribution is 7.90. The Morgan fingerprint density at radius 2 is 1.62 bits per heavy atom. The van der Waals surface area contributed by atoms with Gasteiger partial charge in [0.25, 0.3) is 0 Å². The SMILES string of the molecule is CC(C)S(=O)(=O)N[C@H]1CN(C)C[C@@H]1c1ccc(-c2cccc(S(C)(=O)=O)c2)cc1. The molecule has 1 aliphatic heterocycles. The van der Waals surface area contributed by atoms with Gasteiger partial charge in [0.2, 0.25) is 10.0 Å². The molecule has 2 atom stereocenters. The second-order valence-corrected chi connectivity index (χ2v) is 12.4. The fraction of sp³-hybridized carbons (Fsp3) is 0.429. The zero-order valence-electron chi connectivity index (χ0n) is 17.2. The Hall–Kier alpha value is -1.74. The number of nitrogens with one attached hydrogen (secondary N) is 1. The van der Waals surface area contributed by atoms with E-state index >= 15 is 0 Å². The molecule has 3 rings (SSSR count). The van der Waals surface area contributed by atoms with Crippen molar-refractivity contribution in [3.8, 4) is 11.1 Å². The predicted molar refractivity (Wildman–Crippen MR) is 116 cm³/mol. The molecule has 8 heteroatoms. The fourth-order valence-electron chi connectivity index (χ4n) is 3.63. The van der Waals surface area contributed by atoms with Gasteiger partial charge in [-0.3, -0.25) is 0 Å². The van der Waals surface area contributed by atoms with Gasteiger partial charge < -0.3 is 4.90 Å². The maximum Gasteiger partial charge on any atom is 0.214 e. The van der Waals surface area contributed by atoms with Crippen LogP contribution in [0.1, 0.15) is 25.3 Å². The van der Waals surface area contributed by atoms with Gasteiger partial charge in [0, 0.05) is 31.3 Å². The molecule has 1 N–H and O–H groups in total. The monoisotopic (exact) mass is 436 g/mol. The number of hydrogen-bond acceptors (Lipinski definition) is 5. The molecule has 158 valence electrons. The van der Waals surface area contributed by atoms with Crippen LogP contribution in [0.5, 0.6) is 0 Å². The van der Waals surface area contributed by atoms with Crippen molar-refractivity contribution >= 4 is 19.9 Å². The molecule has 29 heavy (non-hydrogen) atoms. The van der Waals surface area contributed by atoms with Crippen molar-refractivity contribution in [2.45, 2.75) is 36.0 Å². The Morgan fingerprint density at radius 3 is 2.21 bits per heavy atom. The normalized spacial score (nSPS) is 21.0. The smallest absolute Gasteiger partial charge is 0.214 e. The van der Waals surface area contributed by atoms with Gasteiger partial charge in [-0.25, -0.2) is 21.6 Å². The van der Waals surface area contributed by atoms with Gasteiger partial charge in [-0.2, -0.15) is 0 Å². The van der Waals surface area contributed by atoms with Crippen LogP contribution >= 0.6 is 0 Å². The molecule has 2 aromatic rings. The topological polar surface area (TPSA) is 83.6 Å². The van der Waals surface area contributed by atoms with E-state index in [1.165, 1.54) is 6.26 Å². The minimum atomic E-state index is -3.35. The lowest BCUT2D eigenvalue weighted by molar-refractivity contribution is 0.404. The Bertz CT molecular complexity index is 1080. The zero-order chi connectivity index (χ0) is 21.4. The fourth-order valence-corrected chi connectivity index (χ4v) is 5.23. The molecular formula is C21H28N2O4S2. The van der Waals surface area contributed by atoms with E-state index in [9.17, 15) is 16.8 Å². The molecule has 0 saturated carbocycles. The molecule has 0 amide bonds. The summed E-state index contributed by atoms with van der Waals surface area (Å²) in [5, 5.41) is -0.474. The van der Waals surface area contributed by atoms with E-state index in [2.05, 4.69) is 9.62 Å². The maximum atomic E-state index is 12.3. The summed E-state index contributed by atoms with van der Waals surface area (Å²) in [6.45, 7) is 4.79. The Morgan fingerprint density at radius 1 is 0.966 bits per heavy atom. The number of benzene rings is 2. The average molecular weight is 437 g/mol. The minimum Gasteiger partial charge on any atom is -0.304 e. The highest BCUT2D eigenvalue weighted by Gasteiger charge is 2.35. The standard InChI is InChI=1S/C21H28N2O4S2/c1-15(2)29(26,27)22-21-14-23(3)13-20(21)17-10-8-16(9-11-17)18-6-5-7-19(12-18)28(4,24)25/h5-12,15,20-22H,13-14H2,1-4H3/t20-,21+/m1/s1. The zero-order valence-corrected chi connectivity index (χ0v) is 18.8. The van der Waals surface area contributed by atoms with Gasteiger partial charge in [-0.15, -0.1) is 0 Å². The van der Waals surface area contributed by atoms with Crippen LogP contribution in [0.25, 0.3) is 11.1 Å². The number of rotatable bonds is 6. The third-order valence-corrected chi connectivity index (χ3v) is 8.36. The van der Waals surface area contributed by atoms with Crippen molar-refractivity contribution in [1.82, 2.24) is 9.62 Å². The summed E-state index contributed by atoms with van der Waals surface area (Å²) >= 11 is 0. The number of sulfone groups is 1. The Labute approximate surface area is 173 Å². The number of likely N-dealkylation sites (N-methyl/N-ethyl adjacent to an activating group) is 1. The maximum absolute atomic E-state index is 12.3. The third-order valence-electron chi connectivity index (χ3n) is 5.37. The van der Waals surface area contributed by atoms with Crippen LogP contribution in [-0.4, -0.2) is 59.4 Å². The molecule has 1 saturated heterocycles. The summed E-state index contributed by atoms with van der Waals surface area (Å²) in [4.78, 5) is 2.42. The van der Waals surface area contributed by atoms with Gasteiger partial charge in [-0.05, 0) is 49.7 Å². The van der Waals surface area contributed by atoms with Crippen LogP contribution in [0, 0.1) is 0 Å². The second-order valence-electron chi connectivity index (χ2n) is 8.07. The van der Waals surface area contributed by atoms with E-state index in [1.54, 1.807) is 32.0 Å². The van der Waals surface area contributed by atoms with Crippen LogP contribution in [0.2, 0.25) is 0 Å². The molecule has 0 aromatic heterocycles. The lowest BCUT2D eigenvalue weighted by Gasteiger charge is -2.22. The summed E-state index contributed by atoms with van der Waals surface area (Å²) in [5.74, 6) is 0.0601. The predicted octanol–water partition coefficient (Wildman–Crippen LogP) is 2.48. The molecule has 1 fully saturated rings. The van der Waals surface area contributed by atoms with Gasteiger partial charge in [0.05, 0.1) is 10.1 Å². The van der Waals surface area contributed by atoms with Gasteiger partial charge >= 0.3 is 0 Å². The van der Waals surface area contributed by atoms with E-state index in [-0.39, 0.29) is 12.0 Å². The first kappa shape index (κ1) is 22.0. The van der Waals surface area contributed by atoms with Crippen LogP contribution in [0.15, 0.2) is 53.4 Å². The minimum absolute atomic E-state index is 0.0601. The summed E-state index contributed by atoms with van der Waals surface area (Å²) in [5.41, 5.74) is 2.82. The Balaban J connectivity index is 1.86. The molecule has 1 aliphatic rings. The summed E-state index contributed by atoms with van der Waals surface area (Å²) < 4.78 is 51.2. The molecule has 0 unspecified atom stereocenters. The molecule has 1 heterocycles. The first-order chi connectivity index (χ1) is 13.5. The molecule has 0 aliphatic carbocycles. The van der Waals surface area contributed by atoms with E-state index in [1.807, 2.05) is 37.4 Å². The highest BCUT2D eigenvalue weighted by atomic mass is 32.2. The van der Waals surface area contributed by atoms with E-state index in [0.717, 1.165) is 23.2 Å². The van der Waals surface area contributed by atoms with E-state index in [4.69, 9.17) is 0 Å². The lowest BCUT2D eigenvalue weighted by atomic mass is 9.93. The number of sulfonamides is 1. The summed E-state index contributed by atoms with van der Waals surface area (Å²) in [6.07, 6.45) is 1.20. The average Bonchev–Trinajstić information content (AvgIpc) is 3.00. The molecular weight excluding hydrogens is 408 g/mol. The summed E-state index contributed by atoms with van der Waals surface area (Å²) in [6, 6.07) is 14.6. The van der Waals surface area contributed by atoms with Crippen LogP contribution in [-0.2, 0) is 19.9 Å². The molecule has 6 nitrogen and oxygen atoms in total. The van der Waals surface area contributed by atoms with Gasteiger partial charge in [0.15, 0.2) is 9.84 Å². The number of hydrogen-bond donors (Lipinski definition) is 1. The molecule has 0 radical (unpaired) electrons. The van der Waals surface area contributed by atoms with Gasteiger partial charge in [0.1, 0.15) is 0 Å². The highest BCUT2D eigenvalue weighted by Crippen LogP contribution is 2.30. The van der Waals surface area contributed by atoms with Crippen molar-refractivity contribution in [2.75, 3.05) is 26.4 Å². The van der Waals surface area contributed by atoms with Crippen LogP contribution in [0.3, 0.4) is 0 Å². The largest absolute Gasteiger partial charge is 0.304 e. The Kier molecular flexibility index (Phi) is 6.19. The number of nitrogens with zero attached hydrogens (tertiary/aromatic N) is 1. The third kappa shape index (κ3) is 5.06. The van der Waals surface area contributed by atoms with Crippen molar-refractivity contribution < 1.29 is 16.8 Å². The first-order valence-electron chi connectivity index (χ1n) is 9.57.